The Hall–Kier alpha value is -2.09. The second-order valence-corrected chi connectivity index (χ2v) is 5.32. The normalized spacial score (nSPS) is 30.9. The fourth-order valence-electron chi connectivity index (χ4n) is 2.23. The van der Waals surface area contributed by atoms with Gasteiger partial charge in [0, 0.05) is 17.8 Å². The van der Waals surface area contributed by atoms with E-state index in [9.17, 15) is 33.7 Å². The van der Waals surface area contributed by atoms with Gasteiger partial charge in [-0.25, -0.2) is 4.79 Å². The molecule has 6 N–H and O–H groups in total. The zero-order valence-corrected chi connectivity index (χ0v) is 12.5. The highest BCUT2D eigenvalue weighted by Gasteiger charge is 2.52. The summed E-state index contributed by atoms with van der Waals surface area (Å²) in [6.07, 6.45) is -6.63. The van der Waals surface area contributed by atoms with Crippen LogP contribution in [0.4, 0.5) is 8.78 Å². The van der Waals surface area contributed by atoms with Crippen molar-refractivity contribution in [2.45, 2.75) is 49.0 Å². The number of nitrogens with one attached hydrogen (secondary N) is 1. The fraction of sp³-hybridized carbons (Fsp3) is 0.818. The Morgan fingerprint density at radius 2 is 2.12 bits per heavy atom. The summed E-state index contributed by atoms with van der Waals surface area (Å²) in [5.41, 5.74) is 8.01. The van der Waals surface area contributed by atoms with Crippen molar-refractivity contribution >= 4 is 11.9 Å². The number of rotatable bonds is 7. The summed E-state index contributed by atoms with van der Waals surface area (Å²) in [5, 5.41) is 50.6. The van der Waals surface area contributed by atoms with Crippen molar-refractivity contribution in [2.75, 3.05) is 6.61 Å². The van der Waals surface area contributed by atoms with Gasteiger partial charge < -0.3 is 35.6 Å². The maximum atomic E-state index is 13.2. The van der Waals surface area contributed by atoms with Gasteiger partial charge in [0.1, 0.15) is 0 Å². The van der Waals surface area contributed by atoms with Gasteiger partial charge in [-0.2, -0.15) is 8.78 Å². The molecule has 1 heterocycles. The number of ether oxygens (including phenoxy) is 1. The van der Waals surface area contributed by atoms with E-state index < -0.39 is 67.5 Å². The van der Waals surface area contributed by atoms with E-state index in [1.807, 2.05) is 5.11 Å². The van der Waals surface area contributed by atoms with Crippen LogP contribution in [-0.2, 0) is 14.3 Å². The summed E-state index contributed by atoms with van der Waals surface area (Å²) in [6, 6.07) is -6.19. The molecule has 5 atom stereocenters. The van der Waals surface area contributed by atoms with Gasteiger partial charge in [0.25, 0.3) is 11.7 Å². The van der Waals surface area contributed by atoms with Crippen molar-refractivity contribution in [1.82, 2.24) is 5.32 Å². The molecule has 1 aliphatic rings. The Kier molecular flexibility index (Phi) is 6.59. The van der Waals surface area contributed by atoms with E-state index in [1.54, 1.807) is 10.2 Å². The summed E-state index contributed by atoms with van der Waals surface area (Å²) >= 11 is 0. The molecule has 0 saturated carbocycles. The van der Waals surface area contributed by atoms with Gasteiger partial charge in [-0.3, -0.25) is 4.79 Å². The minimum absolute atomic E-state index is 0.610. The van der Waals surface area contributed by atoms with E-state index in [-0.39, 0.29) is 0 Å². The van der Waals surface area contributed by atoms with Crippen LogP contribution in [0.1, 0.15) is 12.8 Å². The molecule has 1 aliphatic heterocycles. The van der Waals surface area contributed by atoms with Crippen molar-refractivity contribution in [2.24, 2.45) is 5.11 Å². The lowest BCUT2D eigenvalue weighted by molar-refractivity contribution is -0.280. The van der Waals surface area contributed by atoms with E-state index in [2.05, 4.69) is 0 Å². The van der Waals surface area contributed by atoms with E-state index >= 15 is 0 Å². The summed E-state index contributed by atoms with van der Waals surface area (Å²) < 4.78 is 31.3. The third kappa shape index (κ3) is 4.94. The summed E-state index contributed by atoms with van der Waals surface area (Å²) in [5.74, 6) is -6.89. The molecule has 0 bridgehead atoms. The number of aliphatic carboxylic acids is 1. The lowest BCUT2D eigenvalue weighted by atomic mass is 9.90. The SMILES string of the molecule is [N-]=[N+]=NC(F)(F)C(=O)N[C@H]1C(C[C@H](O)CO)OC(O)(C(=O)O)C[C@H]1O. The van der Waals surface area contributed by atoms with Crippen molar-refractivity contribution in [1.29, 1.82) is 0 Å². The first-order valence-corrected chi connectivity index (χ1v) is 6.82. The predicted molar refractivity (Wildman–Crippen MR) is 71.8 cm³/mol. The molecule has 1 fully saturated rings. The van der Waals surface area contributed by atoms with Crippen LogP contribution in [0, 0.1) is 0 Å². The van der Waals surface area contributed by atoms with Crippen LogP contribution in [-0.4, -0.2) is 80.2 Å². The molecule has 12 nitrogen and oxygen atoms in total. The van der Waals surface area contributed by atoms with Crippen LogP contribution in [0.25, 0.3) is 10.4 Å². The number of halogens is 2. The zero-order chi connectivity index (χ0) is 19.4. The fourth-order valence-corrected chi connectivity index (χ4v) is 2.23. The third-order valence-corrected chi connectivity index (χ3v) is 3.44. The number of aliphatic hydroxyl groups excluding tert-OH is 3. The molecule has 0 aliphatic carbocycles. The molecule has 14 heteroatoms. The predicted octanol–water partition coefficient (Wildman–Crippen LogP) is -1.96. The summed E-state index contributed by atoms with van der Waals surface area (Å²) in [6.45, 7) is -0.822. The molecule has 0 aromatic carbocycles. The Labute approximate surface area is 138 Å². The number of nitrogens with zero attached hydrogens (tertiary/aromatic N) is 3. The molecular formula is C11H16F2N4O8. The number of carbonyl (C=O) groups is 2. The number of alkyl halides is 2. The molecule has 0 spiro atoms. The molecule has 0 aromatic rings. The highest BCUT2D eigenvalue weighted by atomic mass is 19.3. The Balaban J connectivity index is 3.06. The minimum atomic E-state index is -4.50. The molecule has 1 rings (SSSR count). The molecular weight excluding hydrogens is 354 g/mol. The first-order valence-electron chi connectivity index (χ1n) is 6.82. The van der Waals surface area contributed by atoms with Gasteiger partial charge in [-0.1, -0.05) is 0 Å². The van der Waals surface area contributed by atoms with Gasteiger partial charge in [0.15, 0.2) is 0 Å². The van der Waals surface area contributed by atoms with Crippen LogP contribution < -0.4 is 5.32 Å². The van der Waals surface area contributed by atoms with Crippen molar-refractivity contribution in [3.63, 3.8) is 0 Å². The van der Waals surface area contributed by atoms with Crippen molar-refractivity contribution in [3.8, 4) is 0 Å². The number of hydrogen-bond donors (Lipinski definition) is 6. The zero-order valence-electron chi connectivity index (χ0n) is 12.5. The smallest absolute Gasteiger partial charge is 0.401 e. The topological polar surface area (TPSA) is 205 Å². The van der Waals surface area contributed by atoms with Crippen molar-refractivity contribution in [3.05, 3.63) is 10.4 Å². The molecule has 1 amide bonds. The molecule has 0 aromatic heterocycles. The second-order valence-electron chi connectivity index (χ2n) is 5.32. The molecule has 25 heavy (non-hydrogen) atoms. The molecule has 0 radical (unpaired) electrons. The average molecular weight is 370 g/mol. The van der Waals surface area contributed by atoms with E-state index in [1.165, 1.54) is 0 Å². The Morgan fingerprint density at radius 3 is 2.60 bits per heavy atom. The monoisotopic (exact) mass is 370 g/mol. The van der Waals surface area contributed by atoms with Gasteiger partial charge in [-0.05, 0) is 10.6 Å². The van der Waals surface area contributed by atoms with Crippen LogP contribution in [0.15, 0.2) is 5.11 Å². The quantitative estimate of drug-likeness (QED) is 0.128. The Morgan fingerprint density at radius 1 is 1.52 bits per heavy atom. The maximum Gasteiger partial charge on any atom is 0.401 e. The molecule has 1 saturated heterocycles. The van der Waals surface area contributed by atoms with Gasteiger partial charge in [-0.15, -0.1) is 0 Å². The highest BCUT2D eigenvalue weighted by molar-refractivity contribution is 5.83. The lowest BCUT2D eigenvalue weighted by Crippen LogP contribution is -2.64. The van der Waals surface area contributed by atoms with Crippen LogP contribution in [0.5, 0.6) is 0 Å². The summed E-state index contributed by atoms with van der Waals surface area (Å²) in [7, 11) is 0. The van der Waals surface area contributed by atoms with E-state index in [4.69, 9.17) is 20.5 Å². The maximum absolute atomic E-state index is 13.2. The number of azide groups is 1. The Bertz CT molecular complexity index is 572. The molecule has 2 unspecified atom stereocenters. The highest BCUT2D eigenvalue weighted by Crippen LogP contribution is 2.31. The lowest BCUT2D eigenvalue weighted by Gasteiger charge is -2.43. The van der Waals surface area contributed by atoms with Crippen LogP contribution in [0.3, 0.4) is 0 Å². The summed E-state index contributed by atoms with van der Waals surface area (Å²) in [4.78, 5) is 24.3. The van der Waals surface area contributed by atoms with Crippen molar-refractivity contribution < 1.29 is 48.6 Å². The standard InChI is InChI=1S/C11H16F2N4O8/c12-11(13,16-17-14)8(21)15-7-5(20)2-10(24,9(22)23)25-6(7)1-4(19)3-18/h4-7,18-20,24H,1-3H2,(H,15,21)(H,22,23)/t4-,5+,6?,7+,10?/m0/s1. The largest absolute Gasteiger partial charge is 0.477 e. The minimum Gasteiger partial charge on any atom is -0.477 e. The number of hydrogen-bond acceptors (Lipinski definition) is 8. The van der Waals surface area contributed by atoms with E-state index in [0.29, 0.717) is 0 Å². The van der Waals surface area contributed by atoms with Crippen LogP contribution in [0.2, 0.25) is 0 Å². The van der Waals surface area contributed by atoms with E-state index in [0.717, 1.165) is 0 Å². The second kappa shape index (κ2) is 7.86. The van der Waals surface area contributed by atoms with Gasteiger partial charge in [0.05, 0.1) is 31.0 Å². The van der Waals surface area contributed by atoms with Gasteiger partial charge >= 0.3 is 12.0 Å². The number of carboxylic acids is 1. The van der Waals surface area contributed by atoms with Crippen LogP contribution >= 0.6 is 0 Å². The molecule has 142 valence electrons. The third-order valence-electron chi connectivity index (χ3n) is 3.44. The number of amides is 1. The first-order chi connectivity index (χ1) is 11.5. The number of carboxylic acid groups (broad SMARTS) is 1. The first kappa shape index (κ1) is 21.0. The van der Waals surface area contributed by atoms with Gasteiger partial charge in [0.2, 0.25) is 0 Å². The number of carbonyl (C=O) groups excluding carboxylic acids is 1. The average Bonchev–Trinajstić information content (AvgIpc) is 2.50. The number of aliphatic hydroxyl groups is 4.